The van der Waals surface area contributed by atoms with Crippen LogP contribution in [0.4, 0.5) is 0 Å². The van der Waals surface area contributed by atoms with Crippen LogP contribution in [0.5, 0.6) is 0 Å². The summed E-state index contributed by atoms with van der Waals surface area (Å²) in [6.07, 6.45) is 3.73. The zero-order valence-electron chi connectivity index (χ0n) is 14.2. The number of aromatic nitrogens is 1. The Labute approximate surface area is 139 Å². The molecule has 7 nitrogen and oxygen atoms in total. The van der Waals surface area contributed by atoms with Crippen molar-refractivity contribution in [3.05, 3.63) is 30.1 Å². The molecule has 0 bridgehead atoms. The van der Waals surface area contributed by atoms with Gasteiger partial charge in [0.05, 0.1) is 12.7 Å². The summed E-state index contributed by atoms with van der Waals surface area (Å²) in [4.78, 5) is 3.96. The molecule has 0 aliphatic rings. The van der Waals surface area contributed by atoms with Crippen molar-refractivity contribution in [1.82, 2.24) is 10.3 Å². The molecular weight excluding hydrogens is 316 g/mol. The molecule has 0 saturated carbocycles. The van der Waals surface area contributed by atoms with E-state index in [1.807, 2.05) is 12.1 Å². The Morgan fingerprint density at radius 1 is 1.17 bits per heavy atom. The van der Waals surface area contributed by atoms with E-state index in [2.05, 4.69) is 10.3 Å². The molecule has 0 aliphatic heterocycles. The number of nitrogens with zero attached hydrogens (tertiary/aromatic N) is 1. The quantitative estimate of drug-likeness (QED) is 0.405. The lowest BCUT2D eigenvalue weighted by molar-refractivity contribution is 0.0351. The molecule has 0 aliphatic carbocycles. The van der Waals surface area contributed by atoms with Crippen molar-refractivity contribution in [3.8, 4) is 0 Å². The van der Waals surface area contributed by atoms with Crippen molar-refractivity contribution >= 4 is 8.80 Å². The predicted octanol–water partition coefficient (Wildman–Crippen LogP) is 0.817. The van der Waals surface area contributed by atoms with Crippen molar-refractivity contribution in [1.29, 1.82) is 0 Å². The standard InChI is InChI=1S/C15H28N2O5Si/c1-19-23(20-2,21-3)10-4-9-22-13-15(18)12-17-11-14-5-7-16-8-6-14/h5-8,15,17-18H,4,9-13H2,1-3H3. The number of aliphatic hydroxyl groups is 1. The second-order valence-electron chi connectivity index (χ2n) is 5.11. The number of ether oxygens (including phenoxy) is 1. The molecule has 8 heteroatoms. The highest BCUT2D eigenvalue weighted by Gasteiger charge is 2.36. The maximum atomic E-state index is 9.86. The van der Waals surface area contributed by atoms with Crippen LogP contribution in [0, 0.1) is 0 Å². The third-order valence-corrected chi connectivity index (χ3v) is 6.31. The van der Waals surface area contributed by atoms with E-state index >= 15 is 0 Å². The fourth-order valence-corrected chi connectivity index (χ4v) is 3.80. The largest absolute Gasteiger partial charge is 0.500 e. The first-order valence-corrected chi connectivity index (χ1v) is 9.60. The summed E-state index contributed by atoms with van der Waals surface area (Å²) in [6.45, 7) is 2.01. The van der Waals surface area contributed by atoms with Gasteiger partial charge in [0, 0.05) is 59.5 Å². The summed E-state index contributed by atoms with van der Waals surface area (Å²) in [5.74, 6) is 0. The highest BCUT2D eigenvalue weighted by molar-refractivity contribution is 6.60. The molecule has 0 saturated heterocycles. The number of rotatable bonds is 13. The van der Waals surface area contributed by atoms with Crippen molar-refractivity contribution in [2.45, 2.75) is 25.1 Å². The predicted molar refractivity (Wildman–Crippen MR) is 89.0 cm³/mol. The summed E-state index contributed by atoms with van der Waals surface area (Å²) in [5.41, 5.74) is 1.13. The van der Waals surface area contributed by atoms with E-state index in [4.69, 9.17) is 18.0 Å². The van der Waals surface area contributed by atoms with Crippen LogP contribution in [-0.4, -0.2) is 66.1 Å². The monoisotopic (exact) mass is 344 g/mol. The van der Waals surface area contributed by atoms with Gasteiger partial charge < -0.3 is 28.4 Å². The van der Waals surface area contributed by atoms with Gasteiger partial charge in [-0.1, -0.05) is 0 Å². The number of hydrogen-bond donors (Lipinski definition) is 2. The molecule has 0 radical (unpaired) electrons. The van der Waals surface area contributed by atoms with Crippen LogP contribution in [0.1, 0.15) is 12.0 Å². The zero-order chi connectivity index (χ0) is 17.0. The molecule has 0 fully saturated rings. The van der Waals surface area contributed by atoms with E-state index in [-0.39, 0.29) is 0 Å². The first-order valence-electron chi connectivity index (χ1n) is 7.66. The summed E-state index contributed by atoms with van der Waals surface area (Å²) >= 11 is 0. The molecule has 1 atom stereocenters. The molecule has 132 valence electrons. The topological polar surface area (TPSA) is 82.1 Å². The highest BCUT2D eigenvalue weighted by atomic mass is 28.4. The van der Waals surface area contributed by atoms with Crippen LogP contribution < -0.4 is 5.32 Å². The van der Waals surface area contributed by atoms with Crippen molar-refractivity contribution in [3.63, 3.8) is 0 Å². The van der Waals surface area contributed by atoms with Crippen LogP contribution in [-0.2, 0) is 24.6 Å². The molecule has 1 rings (SSSR count). The summed E-state index contributed by atoms with van der Waals surface area (Å²) in [7, 11) is 2.27. The van der Waals surface area contributed by atoms with Gasteiger partial charge in [-0.15, -0.1) is 0 Å². The minimum atomic E-state index is -2.51. The van der Waals surface area contributed by atoms with Crippen LogP contribution in [0.25, 0.3) is 0 Å². The van der Waals surface area contributed by atoms with Gasteiger partial charge >= 0.3 is 8.80 Å². The Hall–Kier alpha value is -0.873. The molecule has 1 unspecified atom stereocenters. The van der Waals surface area contributed by atoms with Gasteiger partial charge in [-0.25, -0.2) is 0 Å². The SMILES string of the molecule is CO[Si](CCCOCC(O)CNCc1ccncc1)(OC)OC. The second kappa shape index (κ2) is 11.6. The minimum absolute atomic E-state index is 0.296. The van der Waals surface area contributed by atoms with Gasteiger partial charge in [0.25, 0.3) is 0 Å². The lowest BCUT2D eigenvalue weighted by Crippen LogP contribution is -2.42. The third kappa shape index (κ3) is 7.98. The van der Waals surface area contributed by atoms with Crippen LogP contribution in [0.2, 0.25) is 6.04 Å². The van der Waals surface area contributed by atoms with Crippen LogP contribution >= 0.6 is 0 Å². The van der Waals surface area contributed by atoms with Crippen LogP contribution in [0.15, 0.2) is 24.5 Å². The third-order valence-electron chi connectivity index (χ3n) is 3.47. The summed E-state index contributed by atoms with van der Waals surface area (Å²) in [6, 6.07) is 4.56. The van der Waals surface area contributed by atoms with Gasteiger partial charge in [0.15, 0.2) is 0 Å². The summed E-state index contributed by atoms with van der Waals surface area (Å²) < 4.78 is 21.5. The van der Waals surface area contributed by atoms with E-state index in [1.54, 1.807) is 33.7 Å². The van der Waals surface area contributed by atoms with E-state index in [0.717, 1.165) is 12.0 Å². The average Bonchev–Trinajstić information content (AvgIpc) is 2.59. The smallest absolute Gasteiger partial charge is 0.389 e. The maximum Gasteiger partial charge on any atom is 0.500 e. The van der Waals surface area contributed by atoms with Gasteiger partial charge in [-0.3, -0.25) is 4.98 Å². The molecule has 2 N–H and O–H groups in total. The maximum absolute atomic E-state index is 9.86. The first-order chi connectivity index (χ1) is 11.2. The molecule has 0 spiro atoms. The van der Waals surface area contributed by atoms with Crippen molar-refractivity contribution in [2.75, 3.05) is 41.1 Å². The molecule has 1 heterocycles. The lowest BCUT2D eigenvalue weighted by atomic mass is 10.2. The fourth-order valence-electron chi connectivity index (χ4n) is 2.11. The Bertz CT molecular complexity index is 398. The lowest BCUT2D eigenvalue weighted by Gasteiger charge is -2.24. The van der Waals surface area contributed by atoms with E-state index < -0.39 is 14.9 Å². The highest BCUT2D eigenvalue weighted by Crippen LogP contribution is 2.14. The van der Waals surface area contributed by atoms with E-state index in [0.29, 0.717) is 32.3 Å². The van der Waals surface area contributed by atoms with E-state index in [1.165, 1.54) is 0 Å². The number of hydrogen-bond acceptors (Lipinski definition) is 7. The zero-order valence-corrected chi connectivity index (χ0v) is 15.2. The Balaban J connectivity index is 2.06. The Kier molecular flexibility index (Phi) is 10.2. The van der Waals surface area contributed by atoms with Crippen LogP contribution in [0.3, 0.4) is 0 Å². The molecule has 1 aromatic heterocycles. The van der Waals surface area contributed by atoms with E-state index in [9.17, 15) is 5.11 Å². The average molecular weight is 344 g/mol. The second-order valence-corrected chi connectivity index (χ2v) is 8.20. The number of aliphatic hydroxyl groups excluding tert-OH is 1. The van der Waals surface area contributed by atoms with Gasteiger partial charge in [-0.2, -0.15) is 0 Å². The molecule has 0 aromatic carbocycles. The molecule has 23 heavy (non-hydrogen) atoms. The fraction of sp³-hybridized carbons (Fsp3) is 0.667. The number of nitrogens with one attached hydrogen (secondary N) is 1. The van der Waals surface area contributed by atoms with Gasteiger partial charge in [-0.05, 0) is 24.1 Å². The minimum Gasteiger partial charge on any atom is -0.389 e. The summed E-state index contributed by atoms with van der Waals surface area (Å²) in [5, 5.41) is 13.0. The van der Waals surface area contributed by atoms with Crippen molar-refractivity contribution < 1.29 is 23.1 Å². The first kappa shape index (κ1) is 20.2. The van der Waals surface area contributed by atoms with Crippen molar-refractivity contribution in [2.24, 2.45) is 0 Å². The Morgan fingerprint density at radius 3 is 2.43 bits per heavy atom. The molecule has 1 aromatic rings. The van der Waals surface area contributed by atoms with Gasteiger partial charge in [0.2, 0.25) is 0 Å². The number of pyridine rings is 1. The van der Waals surface area contributed by atoms with Gasteiger partial charge in [0.1, 0.15) is 0 Å². The normalized spacial score (nSPS) is 13.2. The Morgan fingerprint density at radius 2 is 1.83 bits per heavy atom. The molecular formula is C15H28N2O5Si. The molecule has 0 amide bonds.